The molecule has 0 unspecified atom stereocenters. The number of carbonyl (C=O) groups is 1. The Bertz CT molecular complexity index is 861. The molecule has 0 aliphatic rings. The van der Waals surface area contributed by atoms with Gasteiger partial charge in [-0.3, -0.25) is 9.36 Å². The van der Waals surface area contributed by atoms with Crippen molar-refractivity contribution in [2.75, 3.05) is 11.1 Å². The molecule has 6 nitrogen and oxygen atoms in total. The molecule has 0 atom stereocenters. The van der Waals surface area contributed by atoms with Gasteiger partial charge in [-0.2, -0.15) is 0 Å². The zero-order valence-electron chi connectivity index (χ0n) is 13.1. The van der Waals surface area contributed by atoms with Crippen LogP contribution in [0.2, 0.25) is 0 Å². The van der Waals surface area contributed by atoms with Crippen LogP contribution in [0.4, 0.5) is 5.13 Å². The van der Waals surface area contributed by atoms with Crippen molar-refractivity contribution in [3.8, 4) is 11.4 Å². The van der Waals surface area contributed by atoms with E-state index in [-0.39, 0.29) is 11.7 Å². The summed E-state index contributed by atoms with van der Waals surface area (Å²) in [5.41, 5.74) is 0.955. The highest BCUT2D eigenvalue weighted by Crippen LogP contribution is 2.25. The molecule has 3 rings (SSSR count). The van der Waals surface area contributed by atoms with E-state index >= 15 is 0 Å². The van der Waals surface area contributed by atoms with Gasteiger partial charge >= 0.3 is 0 Å². The molecular formula is C16H14BrN5OS2. The molecule has 0 aliphatic heterocycles. The SMILES string of the molecule is C=CCn1c(SCC(=O)Nc2nccs2)nnc1-c1ccc(Br)cc1. The van der Waals surface area contributed by atoms with Gasteiger partial charge in [-0.15, -0.1) is 28.1 Å². The molecule has 3 aromatic rings. The number of nitrogens with one attached hydrogen (secondary N) is 1. The molecule has 9 heteroatoms. The molecule has 0 saturated heterocycles. The molecule has 1 N–H and O–H groups in total. The number of benzene rings is 1. The number of thioether (sulfide) groups is 1. The second kappa shape index (κ2) is 8.41. The van der Waals surface area contributed by atoms with Crippen molar-refractivity contribution < 1.29 is 4.79 Å². The zero-order chi connectivity index (χ0) is 17.6. The van der Waals surface area contributed by atoms with Crippen LogP contribution in [0.25, 0.3) is 11.4 Å². The average Bonchev–Trinajstić information content (AvgIpc) is 3.24. The van der Waals surface area contributed by atoms with Gasteiger partial charge in [0.2, 0.25) is 5.91 Å². The number of rotatable bonds is 7. The monoisotopic (exact) mass is 435 g/mol. The van der Waals surface area contributed by atoms with Crippen molar-refractivity contribution in [1.82, 2.24) is 19.7 Å². The van der Waals surface area contributed by atoms with Crippen LogP contribution in [0.15, 0.2) is 58.1 Å². The predicted molar refractivity (Wildman–Crippen MR) is 105 cm³/mol. The third-order valence-corrected chi connectivity index (χ3v) is 5.33. The first kappa shape index (κ1) is 17.8. The van der Waals surface area contributed by atoms with Crippen LogP contribution in [0.1, 0.15) is 0 Å². The summed E-state index contributed by atoms with van der Waals surface area (Å²) < 4.78 is 2.94. The first-order chi connectivity index (χ1) is 12.2. The Morgan fingerprint density at radius 2 is 2.16 bits per heavy atom. The van der Waals surface area contributed by atoms with Crippen LogP contribution in [-0.2, 0) is 11.3 Å². The summed E-state index contributed by atoms with van der Waals surface area (Å²) in [5, 5.41) is 14.3. The molecule has 0 radical (unpaired) electrons. The highest BCUT2D eigenvalue weighted by atomic mass is 79.9. The van der Waals surface area contributed by atoms with E-state index in [1.807, 2.05) is 34.2 Å². The molecule has 0 aliphatic carbocycles. The van der Waals surface area contributed by atoms with Crippen LogP contribution < -0.4 is 5.32 Å². The number of aromatic nitrogens is 4. The fourth-order valence-electron chi connectivity index (χ4n) is 2.07. The lowest BCUT2D eigenvalue weighted by molar-refractivity contribution is -0.113. The standard InChI is InChI=1S/C16H14BrN5OS2/c1-2-8-22-14(11-3-5-12(17)6-4-11)20-21-16(22)25-10-13(23)19-15-18-7-9-24-15/h2-7,9H,1,8,10H2,(H,18,19,23). The number of hydrogen-bond acceptors (Lipinski definition) is 6. The van der Waals surface area contributed by atoms with E-state index in [0.29, 0.717) is 16.8 Å². The van der Waals surface area contributed by atoms with Crippen molar-refractivity contribution in [3.63, 3.8) is 0 Å². The van der Waals surface area contributed by atoms with Crippen molar-refractivity contribution in [2.24, 2.45) is 0 Å². The molecular weight excluding hydrogens is 422 g/mol. The second-order valence-corrected chi connectivity index (χ2v) is 7.64. The Kier molecular flexibility index (Phi) is 6.00. The normalized spacial score (nSPS) is 10.6. The number of amides is 1. The molecule has 0 bridgehead atoms. The van der Waals surface area contributed by atoms with Crippen molar-refractivity contribution in [2.45, 2.75) is 11.7 Å². The van der Waals surface area contributed by atoms with Gasteiger partial charge < -0.3 is 5.32 Å². The molecule has 0 spiro atoms. The molecule has 2 heterocycles. The Labute approximate surface area is 161 Å². The molecule has 25 heavy (non-hydrogen) atoms. The van der Waals surface area contributed by atoms with Gasteiger partial charge in [0, 0.05) is 28.2 Å². The summed E-state index contributed by atoms with van der Waals surface area (Å²) in [7, 11) is 0. The smallest absolute Gasteiger partial charge is 0.236 e. The topological polar surface area (TPSA) is 72.7 Å². The number of nitrogens with zero attached hydrogens (tertiary/aromatic N) is 4. The summed E-state index contributed by atoms with van der Waals surface area (Å²) in [4.78, 5) is 16.1. The van der Waals surface area contributed by atoms with Gasteiger partial charge in [-0.25, -0.2) is 4.98 Å². The van der Waals surface area contributed by atoms with Gasteiger partial charge in [0.05, 0.1) is 5.75 Å². The molecule has 2 aromatic heterocycles. The highest BCUT2D eigenvalue weighted by Gasteiger charge is 2.15. The quantitative estimate of drug-likeness (QED) is 0.446. The van der Waals surface area contributed by atoms with E-state index in [1.165, 1.54) is 23.1 Å². The lowest BCUT2D eigenvalue weighted by atomic mass is 10.2. The fraction of sp³-hybridized carbons (Fsp3) is 0.125. The number of anilines is 1. The summed E-state index contributed by atoms with van der Waals surface area (Å²) in [5.74, 6) is 0.850. The summed E-state index contributed by atoms with van der Waals surface area (Å²) >= 11 is 6.14. The van der Waals surface area contributed by atoms with E-state index in [0.717, 1.165) is 15.9 Å². The number of thiazole rings is 1. The minimum absolute atomic E-state index is 0.127. The number of halogens is 1. The van der Waals surface area contributed by atoms with E-state index in [4.69, 9.17) is 0 Å². The minimum Gasteiger partial charge on any atom is -0.301 e. The van der Waals surface area contributed by atoms with E-state index < -0.39 is 0 Å². The first-order valence-corrected chi connectivity index (χ1v) is 9.95. The third-order valence-electron chi connectivity index (χ3n) is 3.14. The Morgan fingerprint density at radius 3 is 2.84 bits per heavy atom. The number of carbonyl (C=O) groups excluding carboxylic acids is 1. The Morgan fingerprint density at radius 1 is 1.36 bits per heavy atom. The van der Waals surface area contributed by atoms with Crippen molar-refractivity contribution in [1.29, 1.82) is 0 Å². The second-order valence-electron chi connectivity index (χ2n) is 4.89. The number of hydrogen-bond donors (Lipinski definition) is 1. The van der Waals surface area contributed by atoms with Crippen LogP contribution in [0, 0.1) is 0 Å². The molecule has 1 aromatic carbocycles. The Hall–Kier alpha value is -1.97. The molecule has 1 amide bonds. The maximum Gasteiger partial charge on any atom is 0.236 e. The van der Waals surface area contributed by atoms with Gasteiger partial charge in [0.1, 0.15) is 0 Å². The number of allylic oxidation sites excluding steroid dienone is 1. The third kappa shape index (κ3) is 4.56. The molecule has 128 valence electrons. The van der Waals surface area contributed by atoms with Crippen LogP contribution in [0.5, 0.6) is 0 Å². The van der Waals surface area contributed by atoms with Crippen LogP contribution in [-0.4, -0.2) is 31.4 Å². The predicted octanol–water partition coefficient (Wildman–Crippen LogP) is 4.08. The van der Waals surface area contributed by atoms with E-state index in [2.05, 4.69) is 43.0 Å². The van der Waals surface area contributed by atoms with E-state index in [1.54, 1.807) is 12.3 Å². The Balaban J connectivity index is 1.73. The fourth-order valence-corrected chi connectivity index (χ4v) is 3.63. The first-order valence-electron chi connectivity index (χ1n) is 7.29. The lowest BCUT2D eigenvalue weighted by Crippen LogP contribution is -2.14. The molecule has 0 fully saturated rings. The van der Waals surface area contributed by atoms with Gasteiger partial charge in [-0.05, 0) is 12.1 Å². The van der Waals surface area contributed by atoms with Gasteiger partial charge in [-0.1, -0.05) is 45.9 Å². The lowest BCUT2D eigenvalue weighted by Gasteiger charge is -2.07. The van der Waals surface area contributed by atoms with Gasteiger partial charge in [0.15, 0.2) is 16.1 Å². The minimum atomic E-state index is -0.127. The van der Waals surface area contributed by atoms with Crippen LogP contribution in [0.3, 0.4) is 0 Å². The average molecular weight is 436 g/mol. The maximum absolute atomic E-state index is 12.0. The summed E-state index contributed by atoms with van der Waals surface area (Å²) in [6, 6.07) is 7.85. The summed E-state index contributed by atoms with van der Waals surface area (Å²) in [6.45, 7) is 4.36. The summed E-state index contributed by atoms with van der Waals surface area (Å²) in [6.07, 6.45) is 3.43. The highest BCUT2D eigenvalue weighted by molar-refractivity contribution is 9.10. The van der Waals surface area contributed by atoms with Crippen molar-refractivity contribution >= 4 is 50.1 Å². The van der Waals surface area contributed by atoms with Crippen LogP contribution >= 0.6 is 39.0 Å². The molecule has 0 saturated carbocycles. The van der Waals surface area contributed by atoms with Gasteiger partial charge in [0.25, 0.3) is 0 Å². The zero-order valence-corrected chi connectivity index (χ0v) is 16.3. The largest absolute Gasteiger partial charge is 0.301 e. The maximum atomic E-state index is 12.0. The van der Waals surface area contributed by atoms with E-state index in [9.17, 15) is 4.79 Å². The van der Waals surface area contributed by atoms with Crippen molar-refractivity contribution in [3.05, 3.63) is 53.0 Å².